The van der Waals surface area contributed by atoms with Crippen LogP contribution in [0.15, 0.2) is 24.5 Å². The summed E-state index contributed by atoms with van der Waals surface area (Å²) in [5.41, 5.74) is 7.14. The molecular weight excluding hydrogens is 178 g/mol. The molecule has 1 unspecified atom stereocenters. The Bertz CT molecular complexity index is 450. The van der Waals surface area contributed by atoms with Gasteiger partial charge in [0, 0.05) is 36.9 Å². The molecule has 2 aromatic heterocycles. The van der Waals surface area contributed by atoms with Gasteiger partial charge in [0.15, 0.2) is 0 Å². The van der Waals surface area contributed by atoms with E-state index in [-0.39, 0.29) is 6.54 Å². The number of nitrogens with two attached hydrogens (primary N) is 1. The third kappa shape index (κ3) is 1.29. The first-order chi connectivity index (χ1) is 6.74. The molecule has 0 aliphatic carbocycles. The van der Waals surface area contributed by atoms with Crippen LogP contribution in [-0.2, 0) is 7.05 Å². The van der Waals surface area contributed by atoms with E-state index >= 15 is 0 Å². The first kappa shape index (κ1) is 9.18. The summed E-state index contributed by atoms with van der Waals surface area (Å²) in [6, 6.07) is 3.80. The van der Waals surface area contributed by atoms with Gasteiger partial charge in [0.05, 0.1) is 6.10 Å². The fourth-order valence-electron chi connectivity index (χ4n) is 1.64. The normalized spacial score (nSPS) is 13.4. The molecule has 1 atom stereocenters. The topological polar surface area (TPSA) is 64.1 Å². The van der Waals surface area contributed by atoms with Crippen molar-refractivity contribution in [3.8, 4) is 0 Å². The van der Waals surface area contributed by atoms with Gasteiger partial charge in [0.1, 0.15) is 5.65 Å². The maximum atomic E-state index is 9.67. The van der Waals surface area contributed by atoms with Gasteiger partial charge in [0.2, 0.25) is 0 Å². The molecule has 2 heterocycles. The van der Waals surface area contributed by atoms with Crippen molar-refractivity contribution in [2.24, 2.45) is 12.8 Å². The lowest BCUT2D eigenvalue weighted by molar-refractivity contribution is 0.188. The van der Waals surface area contributed by atoms with E-state index in [4.69, 9.17) is 5.73 Å². The molecule has 0 radical (unpaired) electrons. The second-order valence-electron chi connectivity index (χ2n) is 3.32. The molecule has 3 N–H and O–H groups in total. The molecule has 0 amide bonds. The zero-order valence-corrected chi connectivity index (χ0v) is 8.01. The van der Waals surface area contributed by atoms with Crippen LogP contribution < -0.4 is 5.73 Å². The van der Waals surface area contributed by atoms with E-state index in [0.717, 1.165) is 16.6 Å². The van der Waals surface area contributed by atoms with Crippen molar-refractivity contribution in [1.29, 1.82) is 0 Å². The third-order valence-corrected chi connectivity index (χ3v) is 2.35. The van der Waals surface area contributed by atoms with Crippen LogP contribution in [0.1, 0.15) is 11.7 Å². The van der Waals surface area contributed by atoms with Crippen molar-refractivity contribution in [3.05, 3.63) is 30.1 Å². The minimum Gasteiger partial charge on any atom is -0.387 e. The molecule has 0 aliphatic rings. The average molecular weight is 191 g/mol. The van der Waals surface area contributed by atoms with E-state index in [1.165, 1.54) is 0 Å². The fourth-order valence-corrected chi connectivity index (χ4v) is 1.64. The lowest BCUT2D eigenvalue weighted by Gasteiger charge is -2.04. The van der Waals surface area contributed by atoms with Crippen LogP contribution in [0, 0.1) is 0 Å². The van der Waals surface area contributed by atoms with Gasteiger partial charge < -0.3 is 15.4 Å². The molecule has 0 spiro atoms. The van der Waals surface area contributed by atoms with Crippen molar-refractivity contribution in [2.75, 3.05) is 6.54 Å². The minimum absolute atomic E-state index is 0.230. The monoisotopic (exact) mass is 191 g/mol. The molecule has 4 nitrogen and oxygen atoms in total. The Morgan fingerprint density at radius 1 is 1.64 bits per heavy atom. The lowest BCUT2D eigenvalue weighted by atomic mass is 10.1. The molecule has 0 aromatic carbocycles. The number of nitrogens with zero attached hydrogens (tertiary/aromatic N) is 2. The Balaban J connectivity index is 2.66. The number of aliphatic hydroxyl groups excluding tert-OH is 1. The number of pyridine rings is 1. The van der Waals surface area contributed by atoms with E-state index in [0.29, 0.717) is 0 Å². The van der Waals surface area contributed by atoms with Crippen molar-refractivity contribution >= 4 is 11.0 Å². The van der Waals surface area contributed by atoms with E-state index < -0.39 is 6.10 Å². The van der Waals surface area contributed by atoms with Crippen LogP contribution in [0.3, 0.4) is 0 Å². The van der Waals surface area contributed by atoms with Crippen LogP contribution in [0.4, 0.5) is 0 Å². The highest BCUT2D eigenvalue weighted by molar-refractivity contribution is 5.80. The lowest BCUT2D eigenvalue weighted by Crippen LogP contribution is -2.10. The number of aryl methyl sites for hydroxylation is 1. The maximum absolute atomic E-state index is 9.67. The van der Waals surface area contributed by atoms with Crippen LogP contribution in [0.5, 0.6) is 0 Å². The molecule has 14 heavy (non-hydrogen) atoms. The van der Waals surface area contributed by atoms with Crippen molar-refractivity contribution in [3.63, 3.8) is 0 Å². The first-order valence-corrected chi connectivity index (χ1v) is 4.52. The Morgan fingerprint density at radius 3 is 3.14 bits per heavy atom. The molecule has 2 aromatic rings. The molecule has 0 saturated heterocycles. The zero-order valence-electron chi connectivity index (χ0n) is 8.01. The summed E-state index contributed by atoms with van der Waals surface area (Å²) in [5.74, 6) is 0. The van der Waals surface area contributed by atoms with Gasteiger partial charge in [-0.05, 0) is 12.1 Å². The fraction of sp³-hybridized carbons (Fsp3) is 0.300. The van der Waals surface area contributed by atoms with Crippen LogP contribution >= 0.6 is 0 Å². The summed E-state index contributed by atoms with van der Waals surface area (Å²) in [5, 5.41) is 10.6. The van der Waals surface area contributed by atoms with Crippen molar-refractivity contribution in [1.82, 2.24) is 9.55 Å². The van der Waals surface area contributed by atoms with Crippen molar-refractivity contribution in [2.45, 2.75) is 6.10 Å². The molecule has 2 rings (SSSR count). The summed E-state index contributed by atoms with van der Waals surface area (Å²) in [6.07, 6.45) is 3.00. The van der Waals surface area contributed by atoms with Gasteiger partial charge in [-0.15, -0.1) is 0 Å². The second kappa shape index (κ2) is 3.40. The van der Waals surface area contributed by atoms with Gasteiger partial charge in [-0.25, -0.2) is 4.98 Å². The summed E-state index contributed by atoms with van der Waals surface area (Å²) in [4.78, 5) is 4.23. The van der Waals surface area contributed by atoms with Crippen molar-refractivity contribution < 1.29 is 5.11 Å². The summed E-state index contributed by atoms with van der Waals surface area (Å²) < 4.78 is 1.89. The first-order valence-electron chi connectivity index (χ1n) is 4.52. The van der Waals surface area contributed by atoms with Gasteiger partial charge in [-0.2, -0.15) is 0 Å². The Kier molecular flexibility index (Phi) is 2.23. The van der Waals surface area contributed by atoms with Crippen LogP contribution in [0.2, 0.25) is 0 Å². The minimum atomic E-state index is -0.608. The molecular formula is C10H13N3O. The molecule has 0 saturated carbocycles. The predicted molar refractivity (Wildman–Crippen MR) is 54.7 cm³/mol. The molecule has 0 fully saturated rings. The van der Waals surface area contributed by atoms with Gasteiger partial charge in [-0.3, -0.25) is 0 Å². The average Bonchev–Trinajstić information content (AvgIpc) is 2.56. The highest BCUT2D eigenvalue weighted by Gasteiger charge is 2.12. The maximum Gasteiger partial charge on any atom is 0.139 e. The number of hydrogen-bond donors (Lipinski definition) is 2. The molecule has 0 aliphatic heterocycles. The Hall–Kier alpha value is -1.39. The number of aliphatic hydroxyl groups is 1. The van der Waals surface area contributed by atoms with E-state index in [1.807, 2.05) is 29.9 Å². The highest BCUT2D eigenvalue weighted by Crippen LogP contribution is 2.23. The second-order valence-corrected chi connectivity index (χ2v) is 3.32. The largest absolute Gasteiger partial charge is 0.387 e. The van der Waals surface area contributed by atoms with Crippen LogP contribution in [-0.4, -0.2) is 21.2 Å². The van der Waals surface area contributed by atoms with E-state index in [2.05, 4.69) is 4.98 Å². The summed E-state index contributed by atoms with van der Waals surface area (Å²) in [7, 11) is 1.90. The smallest absolute Gasteiger partial charge is 0.139 e. The quantitative estimate of drug-likeness (QED) is 0.729. The summed E-state index contributed by atoms with van der Waals surface area (Å²) in [6.45, 7) is 0.230. The van der Waals surface area contributed by atoms with Crippen LogP contribution in [0.25, 0.3) is 11.0 Å². The van der Waals surface area contributed by atoms with Gasteiger partial charge >= 0.3 is 0 Å². The zero-order chi connectivity index (χ0) is 10.1. The molecule has 0 bridgehead atoms. The number of rotatable bonds is 2. The standard InChI is InChI=1S/C10H13N3O/c1-13-6-8(9(14)5-11)7-3-2-4-12-10(7)13/h2-4,6,9,14H,5,11H2,1H3. The van der Waals surface area contributed by atoms with E-state index in [9.17, 15) is 5.11 Å². The predicted octanol–water partition coefficient (Wildman–Crippen LogP) is 0.565. The Labute approximate surface area is 82.0 Å². The molecule has 4 heteroatoms. The number of fused-ring (bicyclic) bond motifs is 1. The van der Waals surface area contributed by atoms with Gasteiger partial charge in [-0.1, -0.05) is 0 Å². The third-order valence-electron chi connectivity index (χ3n) is 2.35. The number of aromatic nitrogens is 2. The highest BCUT2D eigenvalue weighted by atomic mass is 16.3. The SMILES string of the molecule is Cn1cc(C(O)CN)c2cccnc21. The summed E-state index contributed by atoms with van der Waals surface area (Å²) >= 11 is 0. The van der Waals surface area contributed by atoms with E-state index in [1.54, 1.807) is 6.20 Å². The Morgan fingerprint density at radius 2 is 2.43 bits per heavy atom. The van der Waals surface area contributed by atoms with Gasteiger partial charge in [0.25, 0.3) is 0 Å². The number of hydrogen-bond acceptors (Lipinski definition) is 3. The molecule has 74 valence electrons.